The zero-order chi connectivity index (χ0) is 10.2. The highest BCUT2D eigenvalue weighted by atomic mass is 79.9. The first-order valence-electron chi connectivity index (χ1n) is 5.26. The van der Waals surface area contributed by atoms with Gasteiger partial charge in [-0.25, -0.2) is 0 Å². The number of hydrogen-bond acceptors (Lipinski definition) is 3. The number of nitrogens with zero attached hydrogens (tertiary/aromatic N) is 1. The molecule has 0 saturated carbocycles. The lowest BCUT2D eigenvalue weighted by Gasteiger charge is -2.29. The summed E-state index contributed by atoms with van der Waals surface area (Å²) in [4.78, 5) is 3.19. The predicted molar refractivity (Wildman–Crippen MR) is 61.1 cm³/mol. The van der Waals surface area contributed by atoms with Crippen LogP contribution in [-0.2, 0) is 9.47 Å². The minimum Gasteiger partial charge on any atom is -0.382 e. The summed E-state index contributed by atoms with van der Waals surface area (Å²) in [5, 5.41) is 0. The average molecular weight is 266 g/mol. The van der Waals surface area contributed by atoms with Gasteiger partial charge in [0, 0.05) is 18.5 Å². The molecule has 0 atom stereocenters. The van der Waals surface area contributed by atoms with Crippen molar-refractivity contribution in [2.24, 2.45) is 0 Å². The van der Waals surface area contributed by atoms with Gasteiger partial charge in [-0.05, 0) is 25.9 Å². The molecule has 1 rings (SSSR count). The van der Waals surface area contributed by atoms with Crippen LogP contribution in [0.4, 0.5) is 0 Å². The molecule has 0 unspecified atom stereocenters. The van der Waals surface area contributed by atoms with Crippen molar-refractivity contribution in [3.8, 4) is 0 Å². The van der Waals surface area contributed by atoms with Gasteiger partial charge in [0.25, 0.3) is 0 Å². The second-order valence-electron chi connectivity index (χ2n) is 3.62. The van der Waals surface area contributed by atoms with Gasteiger partial charge < -0.3 is 14.4 Å². The fourth-order valence-corrected chi connectivity index (χ4v) is 1.97. The lowest BCUT2D eigenvalue weighted by molar-refractivity contribution is 0.0546. The molecule has 0 aromatic rings. The molecular formula is C10H20BrNO2. The second kappa shape index (κ2) is 7.63. The van der Waals surface area contributed by atoms with Crippen LogP contribution >= 0.6 is 15.9 Å². The van der Waals surface area contributed by atoms with Crippen LogP contribution in [-0.4, -0.2) is 56.3 Å². The molecule has 0 spiro atoms. The predicted octanol–water partition coefficient (Wildman–Crippen LogP) is 1.51. The minimum atomic E-state index is 0.698. The van der Waals surface area contributed by atoms with Crippen molar-refractivity contribution in [1.82, 2.24) is 4.90 Å². The third kappa shape index (κ3) is 5.29. The molecular weight excluding hydrogens is 246 g/mol. The van der Waals surface area contributed by atoms with E-state index in [0.717, 1.165) is 18.0 Å². The summed E-state index contributed by atoms with van der Waals surface area (Å²) in [5.74, 6) is 0. The molecule has 1 saturated heterocycles. The Morgan fingerprint density at radius 3 is 2.57 bits per heavy atom. The summed E-state index contributed by atoms with van der Waals surface area (Å²) in [6.45, 7) is 5.70. The van der Waals surface area contributed by atoms with Crippen molar-refractivity contribution in [2.45, 2.75) is 17.7 Å². The van der Waals surface area contributed by atoms with Crippen molar-refractivity contribution < 1.29 is 9.47 Å². The van der Waals surface area contributed by atoms with Gasteiger partial charge in [0.2, 0.25) is 0 Å². The van der Waals surface area contributed by atoms with Gasteiger partial charge in [-0.2, -0.15) is 0 Å². The topological polar surface area (TPSA) is 21.7 Å². The maximum absolute atomic E-state index is 5.43. The number of likely N-dealkylation sites (tertiary alicyclic amines) is 1. The summed E-state index contributed by atoms with van der Waals surface area (Å²) in [7, 11) is 1.70. The average Bonchev–Trinajstić information content (AvgIpc) is 2.21. The van der Waals surface area contributed by atoms with E-state index in [9.17, 15) is 0 Å². The zero-order valence-electron chi connectivity index (χ0n) is 8.88. The van der Waals surface area contributed by atoms with Crippen LogP contribution in [0.3, 0.4) is 0 Å². The van der Waals surface area contributed by atoms with Crippen LogP contribution in [0.15, 0.2) is 0 Å². The molecule has 14 heavy (non-hydrogen) atoms. The molecule has 0 radical (unpaired) electrons. The second-order valence-corrected chi connectivity index (χ2v) is 4.92. The Kier molecular flexibility index (Phi) is 6.77. The van der Waals surface area contributed by atoms with E-state index in [1.165, 1.54) is 25.9 Å². The van der Waals surface area contributed by atoms with E-state index in [1.807, 2.05) is 0 Å². The number of halogens is 1. The third-order valence-electron chi connectivity index (χ3n) is 2.50. The molecule has 0 amide bonds. The molecule has 0 bridgehead atoms. The van der Waals surface area contributed by atoms with E-state index >= 15 is 0 Å². The number of piperidine rings is 1. The van der Waals surface area contributed by atoms with E-state index in [0.29, 0.717) is 13.2 Å². The van der Waals surface area contributed by atoms with Gasteiger partial charge in [-0.15, -0.1) is 0 Å². The maximum atomic E-state index is 5.43. The number of ether oxygens (including phenoxy) is 2. The Morgan fingerprint density at radius 1 is 1.21 bits per heavy atom. The quantitative estimate of drug-likeness (QED) is 0.537. The van der Waals surface area contributed by atoms with Gasteiger partial charge in [0.1, 0.15) is 0 Å². The maximum Gasteiger partial charge on any atom is 0.0700 e. The fourth-order valence-electron chi connectivity index (χ4n) is 1.56. The van der Waals surface area contributed by atoms with Gasteiger partial charge in [0.15, 0.2) is 0 Å². The number of rotatable bonds is 6. The molecule has 0 aromatic carbocycles. The molecule has 3 nitrogen and oxygen atoms in total. The van der Waals surface area contributed by atoms with Crippen LogP contribution in [0.25, 0.3) is 0 Å². The minimum absolute atomic E-state index is 0.698. The van der Waals surface area contributed by atoms with E-state index in [2.05, 4.69) is 20.8 Å². The van der Waals surface area contributed by atoms with Gasteiger partial charge in [-0.1, -0.05) is 15.9 Å². The molecule has 4 heteroatoms. The smallest absolute Gasteiger partial charge is 0.0700 e. The standard InChI is InChI=1S/C10H20BrNO2/c1-13-8-9-14-7-6-12-4-2-10(11)3-5-12/h10H,2-9H2,1H3. The SMILES string of the molecule is COCCOCCN1CCC(Br)CC1. The highest BCUT2D eigenvalue weighted by Gasteiger charge is 2.15. The van der Waals surface area contributed by atoms with E-state index < -0.39 is 0 Å². The van der Waals surface area contributed by atoms with Crippen LogP contribution in [0, 0.1) is 0 Å². The molecule has 0 N–H and O–H groups in total. The molecule has 1 aliphatic rings. The summed E-state index contributed by atoms with van der Waals surface area (Å²) >= 11 is 3.64. The highest BCUT2D eigenvalue weighted by molar-refractivity contribution is 9.09. The van der Waals surface area contributed by atoms with Crippen molar-refractivity contribution in [3.05, 3.63) is 0 Å². The van der Waals surface area contributed by atoms with Crippen molar-refractivity contribution in [1.29, 1.82) is 0 Å². The normalized spacial score (nSPS) is 20.1. The van der Waals surface area contributed by atoms with Crippen molar-refractivity contribution in [2.75, 3.05) is 46.6 Å². The summed E-state index contributed by atoms with van der Waals surface area (Å²) in [6.07, 6.45) is 2.52. The van der Waals surface area contributed by atoms with E-state index in [1.54, 1.807) is 7.11 Å². The fraction of sp³-hybridized carbons (Fsp3) is 1.00. The lowest BCUT2D eigenvalue weighted by Crippen LogP contribution is -2.36. The Morgan fingerprint density at radius 2 is 1.93 bits per heavy atom. The first-order chi connectivity index (χ1) is 6.83. The first kappa shape index (κ1) is 12.4. The lowest BCUT2D eigenvalue weighted by atomic mass is 10.1. The van der Waals surface area contributed by atoms with E-state index in [-0.39, 0.29) is 0 Å². The number of methoxy groups -OCH3 is 1. The highest BCUT2D eigenvalue weighted by Crippen LogP contribution is 2.16. The van der Waals surface area contributed by atoms with Crippen molar-refractivity contribution in [3.63, 3.8) is 0 Å². The zero-order valence-corrected chi connectivity index (χ0v) is 10.5. The largest absolute Gasteiger partial charge is 0.382 e. The Bertz CT molecular complexity index is 138. The summed E-state index contributed by atoms with van der Waals surface area (Å²) < 4.78 is 10.3. The molecule has 84 valence electrons. The monoisotopic (exact) mass is 265 g/mol. The molecule has 0 aliphatic carbocycles. The Hall–Kier alpha value is 0.360. The third-order valence-corrected chi connectivity index (χ3v) is 3.42. The first-order valence-corrected chi connectivity index (χ1v) is 6.17. The Labute approximate surface area is 94.9 Å². The molecule has 1 aliphatic heterocycles. The van der Waals surface area contributed by atoms with Crippen LogP contribution < -0.4 is 0 Å². The van der Waals surface area contributed by atoms with Gasteiger partial charge in [0.05, 0.1) is 19.8 Å². The van der Waals surface area contributed by atoms with E-state index in [4.69, 9.17) is 9.47 Å². The number of hydrogen-bond donors (Lipinski definition) is 0. The van der Waals surface area contributed by atoms with Crippen LogP contribution in [0.1, 0.15) is 12.8 Å². The Balaban J connectivity index is 1.91. The molecule has 0 aromatic heterocycles. The van der Waals surface area contributed by atoms with Gasteiger partial charge >= 0.3 is 0 Å². The molecule has 1 fully saturated rings. The van der Waals surface area contributed by atoms with Gasteiger partial charge in [-0.3, -0.25) is 0 Å². The van der Waals surface area contributed by atoms with Crippen LogP contribution in [0.2, 0.25) is 0 Å². The van der Waals surface area contributed by atoms with Crippen LogP contribution in [0.5, 0.6) is 0 Å². The number of alkyl halides is 1. The van der Waals surface area contributed by atoms with Crippen molar-refractivity contribution >= 4 is 15.9 Å². The summed E-state index contributed by atoms with van der Waals surface area (Å²) in [6, 6.07) is 0. The summed E-state index contributed by atoms with van der Waals surface area (Å²) in [5.41, 5.74) is 0. The molecule has 1 heterocycles.